The largest absolute Gasteiger partial charge is 0.448 e. The molecule has 1 unspecified atom stereocenters. The van der Waals surface area contributed by atoms with E-state index in [9.17, 15) is 18.7 Å². The van der Waals surface area contributed by atoms with Crippen LogP contribution in [-0.4, -0.2) is 31.3 Å². The summed E-state index contributed by atoms with van der Waals surface area (Å²) in [5.41, 5.74) is -1.21. The lowest BCUT2D eigenvalue weighted by Crippen LogP contribution is -2.39. The maximum atomic E-state index is 13.8. The molecular weight excluding hydrogens is 370 g/mol. The number of anilines is 1. The molecule has 0 aliphatic rings. The van der Waals surface area contributed by atoms with Gasteiger partial charge in [-0.1, -0.05) is 0 Å². The Hall–Kier alpha value is -3.07. The van der Waals surface area contributed by atoms with Crippen molar-refractivity contribution in [1.82, 2.24) is 14.5 Å². The lowest BCUT2D eigenvalue weighted by Gasteiger charge is -2.26. The van der Waals surface area contributed by atoms with Gasteiger partial charge in [-0.25, -0.2) is 13.8 Å². The number of ether oxygens (including phenoxy) is 1. The number of halogens is 2. The van der Waals surface area contributed by atoms with Crippen LogP contribution >= 0.6 is 0 Å². The second-order valence-corrected chi connectivity index (χ2v) is 7.04. The fourth-order valence-electron chi connectivity index (χ4n) is 2.41. The highest BCUT2D eigenvalue weighted by atomic mass is 19.1. The maximum Gasteiger partial charge on any atom is 0.294 e. The summed E-state index contributed by atoms with van der Waals surface area (Å²) in [6, 6.07) is 3.87. The van der Waals surface area contributed by atoms with Crippen molar-refractivity contribution >= 4 is 17.0 Å². The van der Waals surface area contributed by atoms with Crippen LogP contribution in [0.15, 0.2) is 35.3 Å². The quantitative estimate of drug-likeness (QED) is 0.696. The number of hydrogen-bond acceptors (Lipinski definition) is 6. The Labute approximate surface area is 159 Å². The summed E-state index contributed by atoms with van der Waals surface area (Å²) in [5.74, 6) is -1.83. The molecule has 3 rings (SSSR count). The molecule has 0 saturated heterocycles. The van der Waals surface area contributed by atoms with E-state index in [1.165, 1.54) is 23.9 Å². The molecule has 28 heavy (non-hydrogen) atoms. The fraction of sp³-hybridized carbons (Fsp3) is 0.316. The van der Waals surface area contributed by atoms with Gasteiger partial charge in [-0.3, -0.25) is 9.36 Å². The van der Waals surface area contributed by atoms with Crippen LogP contribution in [0.5, 0.6) is 11.5 Å². The number of fused-ring (bicyclic) bond motifs is 1. The molecular formula is C19H20F2N4O3. The monoisotopic (exact) mass is 390 g/mol. The SMILES string of the molecule is CC(Nc1ncc2cc(Oc3ccc(F)cc3F)c(=O)n(C)c2n1)C(C)(C)O. The number of rotatable bonds is 5. The molecule has 2 aromatic heterocycles. The third kappa shape index (κ3) is 3.94. The highest BCUT2D eigenvalue weighted by Gasteiger charge is 2.23. The molecule has 0 amide bonds. The first-order valence-corrected chi connectivity index (χ1v) is 8.55. The van der Waals surface area contributed by atoms with Crippen LogP contribution < -0.4 is 15.6 Å². The molecule has 9 heteroatoms. The number of hydrogen-bond donors (Lipinski definition) is 2. The van der Waals surface area contributed by atoms with Crippen molar-refractivity contribution in [3.63, 3.8) is 0 Å². The normalized spacial score (nSPS) is 12.8. The summed E-state index contributed by atoms with van der Waals surface area (Å²) in [6.07, 6.45) is 1.48. The Morgan fingerprint density at radius 1 is 1.25 bits per heavy atom. The van der Waals surface area contributed by atoms with Crippen molar-refractivity contribution in [2.75, 3.05) is 5.32 Å². The van der Waals surface area contributed by atoms with Crippen LogP contribution in [0.4, 0.5) is 14.7 Å². The summed E-state index contributed by atoms with van der Waals surface area (Å²) in [7, 11) is 1.49. The lowest BCUT2D eigenvalue weighted by atomic mass is 10.0. The summed E-state index contributed by atoms with van der Waals surface area (Å²) >= 11 is 0. The van der Waals surface area contributed by atoms with Crippen LogP contribution in [0.1, 0.15) is 20.8 Å². The van der Waals surface area contributed by atoms with Gasteiger partial charge in [-0.15, -0.1) is 0 Å². The predicted molar refractivity (Wildman–Crippen MR) is 101 cm³/mol. The smallest absolute Gasteiger partial charge is 0.294 e. The Morgan fingerprint density at radius 3 is 2.61 bits per heavy atom. The maximum absolute atomic E-state index is 13.8. The number of nitrogens with one attached hydrogen (secondary N) is 1. The van der Waals surface area contributed by atoms with Crippen LogP contribution in [0.25, 0.3) is 11.0 Å². The number of aromatic nitrogens is 3. The summed E-state index contributed by atoms with van der Waals surface area (Å²) in [6.45, 7) is 5.08. The van der Waals surface area contributed by atoms with E-state index in [1.54, 1.807) is 20.8 Å². The van der Waals surface area contributed by atoms with Crippen molar-refractivity contribution in [2.24, 2.45) is 7.05 Å². The highest BCUT2D eigenvalue weighted by molar-refractivity contribution is 5.76. The lowest BCUT2D eigenvalue weighted by molar-refractivity contribution is 0.0646. The zero-order chi connectivity index (χ0) is 20.6. The summed E-state index contributed by atoms with van der Waals surface area (Å²) in [4.78, 5) is 21.1. The molecule has 1 atom stereocenters. The van der Waals surface area contributed by atoms with Crippen molar-refractivity contribution < 1.29 is 18.6 Å². The third-order valence-corrected chi connectivity index (χ3v) is 4.43. The van der Waals surface area contributed by atoms with E-state index in [4.69, 9.17) is 4.74 Å². The standard InChI is InChI=1S/C19H20F2N4O3/c1-10(19(2,3)27)23-18-22-9-11-7-15(17(26)25(4)16(11)24-18)28-14-6-5-12(20)8-13(14)21/h5-10,27H,1-4H3,(H,22,23,24). The first-order chi connectivity index (χ1) is 13.1. The average Bonchev–Trinajstić information content (AvgIpc) is 2.61. The zero-order valence-corrected chi connectivity index (χ0v) is 15.8. The number of benzene rings is 1. The van der Waals surface area contributed by atoms with Gasteiger partial charge in [0.1, 0.15) is 11.5 Å². The second-order valence-electron chi connectivity index (χ2n) is 7.04. The Kier molecular flexibility index (Phi) is 5.03. The Bertz CT molecular complexity index is 1090. The van der Waals surface area contributed by atoms with Crippen molar-refractivity contribution in [1.29, 1.82) is 0 Å². The molecule has 1 aromatic carbocycles. The van der Waals surface area contributed by atoms with E-state index in [2.05, 4.69) is 15.3 Å². The van der Waals surface area contributed by atoms with E-state index < -0.39 is 22.8 Å². The first-order valence-electron chi connectivity index (χ1n) is 8.55. The molecule has 0 bridgehead atoms. The summed E-state index contributed by atoms with van der Waals surface area (Å²) < 4.78 is 33.5. The van der Waals surface area contributed by atoms with E-state index in [0.29, 0.717) is 17.1 Å². The predicted octanol–water partition coefficient (Wildman–Crippen LogP) is 2.97. The zero-order valence-electron chi connectivity index (χ0n) is 15.8. The van der Waals surface area contributed by atoms with Gasteiger partial charge in [-0.05, 0) is 39.0 Å². The minimum Gasteiger partial charge on any atom is -0.448 e. The highest BCUT2D eigenvalue weighted by Crippen LogP contribution is 2.25. The van der Waals surface area contributed by atoms with Gasteiger partial charge in [0.05, 0.1) is 11.6 Å². The fourth-order valence-corrected chi connectivity index (χ4v) is 2.41. The molecule has 7 nitrogen and oxygen atoms in total. The van der Waals surface area contributed by atoms with Crippen molar-refractivity contribution in [2.45, 2.75) is 32.4 Å². The van der Waals surface area contributed by atoms with Crippen molar-refractivity contribution in [3.05, 3.63) is 52.5 Å². The minimum atomic E-state index is -0.999. The molecule has 0 spiro atoms. The van der Waals surface area contributed by atoms with Crippen LogP contribution in [0, 0.1) is 11.6 Å². The van der Waals surface area contributed by atoms with E-state index in [1.807, 2.05) is 0 Å². The van der Waals surface area contributed by atoms with Gasteiger partial charge in [0.15, 0.2) is 17.3 Å². The summed E-state index contributed by atoms with van der Waals surface area (Å²) in [5, 5.41) is 13.5. The Morgan fingerprint density at radius 2 is 1.96 bits per heavy atom. The topological polar surface area (TPSA) is 89.3 Å². The molecule has 0 saturated carbocycles. The molecule has 0 aliphatic carbocycles. The molecule has 0 aliphatic heterocycles. The number of aliphatic hydroxyl groups is 1. The van der Waals surface area contributed by atoms with Crippen LogP contribution in [-0.2, 0) is 7.05 Å². The average molecular weight is 390 g/mol. The minimum absolute atomic E-state index is 0.144. The van der Waals surface area contributed by atoms with Gasteiger partial charge in [0.2, 0.25) is 5.95 Å². The number of pyridine rings is 1. The van der Waals surface area contributed by atoms with Gasteiger partial charge in [-0.2, -0.15) is 4.98 Å². The van der Waals surface area contributed by atoms with E-state index in [-0.39, 0.29) is 23.5 Å². The molecule has 0 fully saturated rings. The van der Waals surface area contributed by atoms with Gasteiger partial charge in [0, 0.05) is 24.7 Å². The van der Waals surface area contributed by atoms with Crippen LogP contribution in [0.2, 0.25) is 0 Å². The van der Waals surface area contributed by atoms with Gasteiger partial charge < -0.3 is 15.2 Å². The molecule has 2 heterocycles. The van der Waals surface area contributed by atoms with Crippen LogP contribution in [0.3, 0.4) is 0 Å². The van der Waals surface area contributed by atoms with Gasteiger partial charge >= 0.3 is 0 Å². The first kappa shape index (κ1) is 19.7. The van der Waals surface area contributed by atoms with E-state index >= 15 is 0 Å². The molecule has 148 valence electrons. The number of nitrogens with zero attached hydrogens (tertiary/aromatic N) is 3. The Balaban J connectivity index is 1.99. The number of aryl methyl sites for hydroxylation is 1. The van der Waals surface area contributed by atoms with Gasteiger partial charge in [0.25, 0.3) is 5.56 Å². The van der Waals surface area contributed by atoms with Crippen molar-refractivity contribution in [3.8, 4) is 11.5 Å². The van der Waals surface area contributed by atoms with E-state index in [0.717, 1.165) is 12.1 Å². The molecule has 3 aromatic rings. The second kappa shape index (κ2) is 7.16. The molecule has 2 N–H and O–H groups in total. The third-order valence-electron chi connectivity index (χ3n) is 4.43. The molecule has 0 radical (unpaired) electrons.